The normalized spacial score (nSPS) is 10.9. The summed E-state index contributed by atoms with van der Waals surface area (Å²) in [5, 5.41) is 4.65. The highest BCUT2D eigenvalue weighted by molar-refractivity contribution is 9.10. The summed E-state index contributed by atoms with van der Waals surface area (Å²) in [4.78, 5) is 4.49. The van der Waals surface area contributed by atoms with E-state index in [2.05, 4.69) is 26.2 Å². The molecule has 0 unspecified atom stereocenters. The quantitative estimate of drug-likeness (QED) is 0.598. The van der Waals surface area contributed by atoms with Gasteiger partial charge in [0.25, 0.3) is 0 Å². The molecule has 0 amide bonds. The van der Waals surface area contributed by atoms with Crippen molar-refractivity contribution in [1.82, 2.24) is 4.98 Å². The molecule has 0 spiro atoms. The van der Waals surface area contributed by atoms with E-state index in [1.54, 1.807) is 19.2 Å². The lowest BCUT2D eigenvalue weighted by atomic mass is 10.1. The van der Waals surface area contributed by atoms with Gasteiger partial charge in [0.2, 0.25) is 0 Å². The highest BCUT2D eigenvalue weighted by Crippen LogP contribution is 2.34. The third-order valence-corrected chi connectivity index (χ3v) is 4.72. The maximum Gasteiger partial charge on any atom is 0.128 e. The second-order valence-corrected chi connectivity index (χ2v) is 6.65. The molecular weight excluding hydrogens is 395 g/mol. The van der Waals surface area contributed by atoms with E-state index in [9.17, 15) is 4.39 Å². The highest BCUT2D eigenvalue weighted by atomic mass is 79.9. The topological polar surface area (TPSA) is 34.1 Å². The van der Waals surface area contributed by atoms with Crippen molar-refractivity contribution in [3.8, 4) is 5.75 Å². The van der Waals surface area contributed by atoms with E-state index in [-0.39, 0.29) is 12.4 Å². The zero-order valence-electron chi connectivity index (χ0n) is 13.2. The van der Waals surface area contributed by atoms with E-state index in [0.29, 0.717) is 16.3 Å². The molecule has 0 fully saturated rings. The first kappa shape index (κ1) is 17.0. The largest absolute Gasteiger partial charge is 0.497 e. The predicted molar refractivity (Wildman–Crippen MR) is 99.5 cm³/mol. The van der Waals surface area contributed by atoms with Gasteiger partial charge in [0, 0.05) is 22.0 Å². The van der Waals surface area contributed by atoms with Crippen LogP contribution in [0.25, 0.3) is 10.9 Å². The van der Waals surface area contributed by atoms with E-state index < -0.39 is 0 Å². The zero-order chi connectivity index (χ0) is 17.3. The number of methoxy groups -OCH3 is 1. The molecule has 0 saturated heterocycles. The fourth-order valence-electron chi connectivity index (χ4n) is 2.50. The maximum atomic E-state index is 14.0. The standard InChI is InChI=1S/C18H15BrClFN2O/c1-10-17(20)18(14-8-12(19)3-6-16(14)23-10)22-9-11-7-13(24-2)4-5-15(11)21/h3-8H,9H2,1-2H3,(H,22,23). The lowest BCUT2D eigenvalue weighted by Crippen LogP contribution is -2.05. The van der Waals surface area contributed by atoms with Crippen LogP contribution in [0.1, 0.15) is 11.3 Å². The van der Waals surface area contributed by atoms with Gasteiger partial charge >= 0.3 is 0 Å². The van der Waals surface area contributed by atoms with Gasteiger partial charge in [0.05, 0.1) is 29.0 Å². The number of pyridine rings is 1. The molecule has 1 N–H and O–H groups in total. The Balaban J connectivity index is 2.01. The molecule has 1 aromatic heterocycles. The van der Waals surface area contributed by atoms with Crippen molar-refractivity contribution in [3.05, 3.63) is 63.0 Å². The second-order valence-electron chi connectivity index (χ2n) is 5.36. The summed E-state index contributed by atoms with van der Waals surface area (Å²) in [5.74, 6) is 0.313. The number of halogens is 3. The van der Waals surface area contributed by atoms with Gasteiger partial charge in [0.15, 0.2) is 0 Å². The van der Waals surface area contributed by atoms with Crippen LogP contribution in [0.3, 0.4) is 0 Å². The van der Waals surface area contributed by atoms with Crippen molar-refractivity contribution in [2.45, 2.75) is 13.5 Å². The average molecular weight is 410 g/mol. The molecule has 6 heteroatoms. The Bertz CT molecular complexity index is 917. The summed E-state index contributed by atoms with van der Waals surface area (Å²) < 4.78 is 20.1. The number of nitrogens with zero attached hydrogens (tertiary/aromatic N) is 1. The average Bonchev–Trinajstić information content (AvgIpc) is 2.57. The molecule has 0 bridgehead atoms. The summed E-state index contributed by atoms with van der Waals surface area (Å²) in [6, 6.07) is 10.4. The molecule has 0 atom stereocenters. The molecule has 0 aliphatic carbocycles. The molecule has 0 aliphatic rings. The van der Waals surface area contributed by atoms with Crippen LogP contribution in [0.4, 0.5) is 10.1 Å². The first-order valence-electron chi connectivity index (χ1n) is 7.31. The predicted octanol–water partition coefficient (Wildman–Crippen LogP) is 5.72. The van der Waals surface area contributed by atoms with Crippen molar-refractivity contribution in [3.63, 3.8) is 0 Å². The Morgan fingerprint density at radius 1 is 1.25 bits per heavy atom. The van der Waals surface area contributed by atoms with E-state index >= 15 is 0 Å². The molecule has 1 heterocycles. The first-order chi connectivity index (χ1) is 11.5. The zero-order valence-corrected chi connectivity index (χ0v) is 15.5. The molecular formula is C18H15BrClFN2O. The number of aryl methyl sites for hydroxylation is 1. The summed E-state index contributed by atoms with van der Waals surface area (Å²) in [6.45, 7) is 2.13. The second kappa shape index (κ2) is 6.95. The third-order valence-electron chi connectivity index (χ3n) is 3.76. The number of fused-ring (bicyclic) bond motifs is 1. The number of hydrogen-bond acceptors (Lipinski definition) is 3. The van der Waals surface area contributed by atoms with Gasteiger partial charge in [-0.3, -0.25) is 4.98 Å². The Kier molecular flexibility index (Phi) is 4.92. The molecule has 0 aliphatic heterocycles. The molecule has 0 saturated carbocycles. The van der Waals surface area contributed by atoms with E-state index in [1.807, 2.05) is 25.1 Å². The van der Waals surface area contributed by atoms with Crippen LogP contribution in [0.15, 0.2) is 40.9 Å². The summed E-state index contributed by atoms with van der Waals surface area (Å²) >= 11 is 9.89. The SMILES string of the molecule is COc1ccc(F)c(CNc2c(Cl)c(C)nc3ccc(Br)cc23)c1. The van der Waals surface area contributed by atoms with E-state index in [4.69, 9.17) is 16.3 Å². The Morgan fingerprint density at radius 3 is 2.79 bits per heavy atom. The Morgan fingerprint density at radius 2 is 2.04 bits per heavy atom. The van der Waals surface area contributed by atoms with Crippen LogP contribution in [-0.4, -0.2) is 12.1 Å². The fraction of sp³-hybridized carbons (Fsp3) is 0.167. The minimum atomic E-state index is -0.296. The fourth-order valence-corrected chi connectivity index (χ4v) is 3.08. The van der Waals surface area contributed by atoms with Crippen LogP contribution >= 0.6 is 27.5 Å². The highest BCUT2D eigenvalue weighted by Gasteiger charge is 2.12. The Hall–Kier alpha value is -1.85. The molecule has 3 nitrogen and oxygen atoms in total. The van der Waals surface area contributed by atoms with Crippen LogP contribution in [0, 0.1) is 12.7 Å². The monoisotopic (exact) mass is 408 g/mol. The van der Waals surface area contributed by atoms with E-state index in [1.165, 1.54) is 6.07 Å². The molecule has 3 rings (SSSR count). The molecule has 24 heavy (non-hydrogen) atoms. The number of anilines is 1. The number of rotatable bonds is 4. The number of aromatic nitrogens is 1. The van der Waals surface area contributed by atoms with Crippen LogP contribution in [0.2, 0.25) is 5.02 Å². The smallest absolute Gasteiger partial charge is 0.128 e. The molecule has 3 aromatic rings. The van der Waals surface area contributed by atoms with Gasteiger partial charge in [0.1, 0.15) is 11.6 Å². The van der Waals surface area contributed by atoms with Gasteiger partial charge in [-0.1, -0.05) is 27.5 Å². The lowest BCUT2D eigenvalue weighted by Gasteiger charge is -2.14. The van der Waals surface area contributed by atoms with Gasteiger partial charge in [-0.2, -0.15) is 0 Å². The van der Waals surface area contributed by atoms with Crippen LogP contribution < -0.4 is 10.1 Å². The van der Waals surface area contributed by atoms with Crippen LogP contribution in [-0.2, 0) is 6.54 Å². The summed E-state index contributed by atoms with van der Waals surface area (Å²) in [6.07, 6.45) is 0. The van der Waals surface area contributed by atoms with Crippen molar-refractivity contribution in [2.24, 2.45) is 0 Å². The van der Waals surface area contributed by atoms with E-state index in [0.717, 1.165) is 26.8 Å². The molecule has 124 valence electrons. The van der Waals surface area contributed by atoms with Gasteiger partial charge in [-0.25, -0.2) is 4.39 Å². The van der Waals surface area contributed by atoms with Crippen molar-refractivity contribution in [1.29, 1.82) is 0 Å². The van der Waals surface area contributed by atoms with Crippen molar-refractivity contribution < 1.29 is 9.13 Å². The number of ether oxygens (including phenoxy) is 1. The number of benzene rings is 2. The van der Waals surface area contributed by atoms with Gasteiger partial charge < -0.3 is 10.1 Å². The third kappa shape index (κ3) is 3.32. The number of hydrogen-bond donors (Lipinski definition) is 1. The first-order valence-corrected chi connectivity index (χ1v) is 8.48. The molecule has 0 radical (unpaired) electrons. The van der Waals surface area contributed by atoms with Crippen molar-refractivity contribution in [2.75, 3.05) is 12.4 Å². The maximum absolute atomic E-state index is 14.0. The lowest BCUT2D eigenvalue weighted by molar-refractivity contribution is 0.413. The summed E-state index contributed by atoms with van der Waals surface area (Å²) in [7, 11) is 1.55. The van der Waals surface area contributed by atoms with Crippen molar-refractivity contribution >= 4 is 44.1 Å². The summed E-state index contributed by atoms with van der Waals surface area (Å²) in [5.41, 5.74) is 2.79. The minimum absolute atomic E-state index is 0.286. The van der Waals surface area contributed by atoms with Gasteiger partial charge in [-0.15, -0.1) is 0 Å². The number of nitrogens with one attached hydrogen (secondary N) is 1. The van der Waals surface area contributed by atoms with Gasteiger partial charge in [-0.05, 0) is 43.3 Å². The minimum Gasteiger partial charge on any atom is -0.497 e. The molecule has 2 aromatic carbocycles. The Labute approximate surface area is 152 Å². The van der Waals surface area contributed by atoms with Crippen LogP contribution in [0.5, 0.6) is 5.75 Å².